The molecular weight excluding hydrogens is 691 g/mol. The second kappa shape index (κ2) is 12.1. The van der Waals surface area contributed by atoms with E-state index >= 15 is 0 Å². The van der Waals surface area contributed by atoms with Gasteiger partial charge in [0.15, 0.2) is 0 Å². The molecule has 0 spiro atoms. The molecule has 0 atom stereocenters. The van der Waals surface area contributed by atoms with Crippen molar-refractivity contribution in [2.24, 2.45) is 0 Å². The molecule has 2 aliphatic carbocycles. The number of fused-ring (bicyclic) bond motifs is 9. The number of hydrogen-bond donors (Lipinski definition) is 0. The Morgan fingerprint density at radius 2 is 1.02 bits per heavy atom. The van der Waals surface area contributed by atoms with Gasteiger partial charge in [0.2, 0.25) is 0 Å². The number of nitrogens with zero attached hydrogens (tertiary/aromatic N) is 1. The SMILES string of the molecule is CC(C)(C)c1cc(C(C)(C)C)c2c(c1)oc1ccc(N(c3cccc(C4(C)c5ccccc5-c5ccccc54)c3)c3ccc4c(c3)C(C)(C)c3ccccc3-4)cc12. The summed E-state index contributed by atoms with van der Waals surface area (Å²) in [5, 5.41) is 2.35. The van der Waals surface area contributed by atoms with Crippen LogP contribution in [0.15, 0.2) is 150 Å². The Hall–Kier alpha value is -5.86. The van der Waals surface area contributed by atoms with Crippen molar-refractivity contribution in [3.8, 4) is 22.3 Å². The molecule has 1 heterocycles. The average Bonchev–Trinajstić information content (AvgIpc) is 3.78. The monoisotopic (exact) mass is 741 g/mol. The predicted octanol–water partition coefficient (Wildman–Crippen LogP) is 15.3. The van der Waals surface area contributed by atoms with Gasteiger partial charge in [0.05, 0.1) is 0 Å². The van der Waals surface area contributed by atoms with Crippen LogP contribution in [0.1, 0.15) is 101 Å². The van der Waals surface area contributed by atoms with Crippen LogP contribution in [-0.2, 0) is 21.7 Å². The van der Waals surface area contributed by atoms with Gasteiger partial charge >= 0.3 is 0 Å². The Bertz CT molecular complexity index is 2880. The first-order valence-corrected chi connectivity index (χ1v) is 20.5. The minimum absolute atomic E-state index is 0.00185. The maximum absolute atomic E-state index is 6.74. The van der Waals surface area contributed by atoms with Crippen molar-refractivity contribution < 1.29 is 4.42 Å². The lowest BCUT2D eigenvalue weighted by Crippen LogP contribution is -2.23. The van der Waals surface area contributed by atoms with E-state index in [0.717, 1.165) is 33.6 Å². The van der Waals surface area contributed by atoms with Gasteiger partial charge in [-0.2, -0.15) is 0 Å². The third kappa shape index (κ3) is 5.22. The zero-order valence-electron chi connectivity index (χ0n) is 34.7. The maximum Gasteiger partial charge on any atom is 0.136 e. The van der Waals surface area contributed by atoms with Crippen molar-refractivity contribution >= 4 is 39.0 Å². The highest BCUT2D eigenvalue weighted by molar-refractivity contribution is 6.09. The highest BCUT2D eigenvalue weighted by Crippen LogP contribution is 2.54. The molecule has 8 aromatic rings. The minimum Gasteiger partial charge on any atom is -0.456 e. The van der Waals surface area contributed by atoms with Crippen molar-refractivity contribution in [3.05, 3.63) is 185 Å². The molecular formula is C55H51NO. The lowest BCUT2D eigenvalue weighted by atomic mass is 9.74. The topological polar surface area (TPSA) is 16.4 Å². The van der Waals surface area contributed by atoms with Crippen LogP contribution in [0.2, 0.25) is 0 Å². The second-order valence-electron chi connectivity index (χ2n) is 19.2. The summed E-state index contributed by atoms with van der Waals surface area (Å²) < 4.78 is 6.74. The molecule has 0 N–H and O–H groups in total. The smallest absolute Gasteiger partial charge is 0.136 e. The predicted molar refractivity (Wildman–Crippen MR) is 241 cm³/mol. The fraction of sp³-hybridized carbons (Fsp3) is 0.236. The Balaban J connectivity index is 1.21. The third-order valence-corrected chi connectivity index (χ3v) is 13.2. The summed E-state index contributed by atoms with van der Waals surface area (Å²) in [6.45, 7) is 20.9. The second-order valence-corrected chi connectivity index (χ2v) is 19.2. The number of rotatable bonds is 4. The van der Waals surface area contributed by atoms with Crippen molar-refractivity contribution in [1.29, 1.82) is 0 Å². The van der Waals surface area contributed by atoms with E-state index in [2.05, 4.69) is 213 Å². The Kier molecular flexibility index (Phi) is 7.53. The lowest BCUT2D eigenvalue weighted by Gasteiger charge is -2.32. The Morgan fingerprint density at radius 3 is 1.67 bits per heavy atom. The minimum atomic E-state index is -0.312. The summed E-state index contributed by atoms with van der Waals surface area (Å²) in [7, 11) is 0. The molecule has 2 nitrogen and oxygen atoms in total. The molecule has 57 heavy (non-hydrogen) atoms. The van der Waals surface area contributed by atoms with E-state index in [4.69, 9.17) is 4.42 Å². The number of benzene rings is 7. The molecule has 7 aromatic carbocycles. The molecule has 1 aromatic heterocycles. The van der Waals surface area contributed by atoms with Crippen LogP contribution in [-0.4, -0.2) is 0 Å². The zero-order valence-corrected chi connectivity index (χ0v) is 34.7. The summed E-state index contributed by atoms with van der Waals surface area (Å²) in [6, 6.07) is 54.7. The zero-order chi connectivity index (χ0) is 39.6. The fourth-order valence-electron chi connectivity index (χ4n) is 10.1. The first-order chi connectivity index (χ1) is 27.2. The summed E-state index contributed by atoms with van der Waals surface area (Å²) >= 11 is 0. The van der Waals surface area contributed by atoms with Gasteiger partial charge in [-0.3, -0.25) is 0 Å². The van der Waals surface area contributed by atoms with Crippen LogP contribution in [0.3, 0.4) is 0 Å². The van der Waals surface area contributed by atoms with Crippen LogP contribution in [0, 0.1) is 0 Å². The summed E-state index contributed by atoms with van der Waals surface area (Å²) in [5.41, 5.74) is 19.3. The summed E-state index contributed by atoms with van der Waals surface area (Å²) in [6.07, 6.45) is 0. The van der Waals surface area contributed by atoms with Gasteiger partial charge in [-0.25, -0.2) is 0 Å². The normalized spacial score (nSPS) is 15.0. The molecule has 2 heteroatoms. The van der Waals surface area contributed by atoms with E-state index in [0.29, 0.717) is 0 Å². The van der Waals surface area contributed by atoms with Gasteiger partial charge in [0.1, 0.15) is 11.2 Å². The third-order valence-electron chi connectivity index (χ3n) is 13.2. The van der Waals surface area contributed by atoms with Crippen molar-refractivity contribution in [3.63, 3.8) is 0 Å². The molecule has 0 radical (unpaired) electrons. The van der Waals surface area contributed by atoms with E-state index in [1.54, 1.807) is 0 Å². The van der Waals surface area contributed by atoms with Crippen LogP contribution in [0.5, 0.6) is 0 Å². The van der Waals surface area contributed by atoms with Crippen molar-refractivity contribution in [2.75, 3.05) is 4.90 Å². The molecule has 2 aliphatic rings. The van der Waals surface area contributed by atoms with E-state index < -0.39 is 0 Å². The Morgan fingerprint density at radius 1 is 0.456 bits per heavy atom. The highest BCUT2D eigenvalue weighted by Gasteiger charge is 2.41. The van der Waals surface area contributed by atoms with Crippen LogP contribution in [0.4, 0.5) is 17.1 Å². The first kappa shape index (κ1) is 35.5. The average molecular weight is 742 g/mol. The van der Waals surface area contributed by atoms with Crippen molar-refractivity contribution in [1.82, 2.24) is 0 Å². The van der Waals surface area contributed by atoms with Gasteiger partial charge in [0, 0.05) is 38.7 Å². The van der Waals surface area contributed by atoms with Gasteiger partial charge < -0.3 is 9.32 Å². The molecule has 0 unspecified atom stereocenters. The van der Waals surface area contributed by atoms with Gasteiger partial charge in [-0.1, -0.05) is 152 Å². The van der Waals surface area contributed by atoms with Gasteiger partial charge in [-0.05, 0) is 127 Å². The number of furan rings is 1. The van der Waals surface area contributed by atoms with Crippen molar-refractivity contribution in [2.45, 2.75) is 84.0 Å². The quantitative estimate of drug-likeness (QED) is 0.179. The van der Waals surface area contributed by atoms with E-state index in [1.807, 2.05) is 0 Å². The standard InChI is InChI=1S/C55H51NO/c1-52(2,3)35-30-48(53(4,5)6)51-43-32-37(26-28-49(43)57-50(51)31-35)56(38-25-27-42-39-19-10-13-22-44(39)54(7,8)47(42)33-38)36-18-16-17-34(29-36)55(9)45-23-14-11-20-40(45)41-21-12-15-24-46(41)55/h10-33H,1-9H3. The molecule has 0 saturated carbocycles. The number of hydrogen-bond acceptors (Lipinski definition) is 2. The molecule has 282 valence electrons. The summed E-state index contributed by atoms with van der Waals surface area (Å²) in [5.74, 6) is 0. The van der Waals surface area contributed by atoms with Crippen LogP contribution < -0.4 is 4.90 Å². The lowest BCUT2D eigenvalue weighted by molar-refractivity contribution is 0.569. The summed E-state index contributed by atoms with van der Waals surface area (Å²) in [4.78, 5) is 2.47. The highest BCUT2D eigenvalue weighted by atomic mass is 16.3. The van der Waals surface area contributed by atoms with E-state index in [9.17, 15) is 0 Å². The molecule has 0 fully saturated rings. The van der Waals surface area contributed by atoms with E-state index in [1.165, 1.54) is 66.6 Å². The van der Waals surface area contributed by atoms with E-state index in [-0.39, 0.29) is 21.7 Å². The first-order valence-electron chi connectivity index (χ1n) is 20.5. The Labute approximate surface area is 337 Å². The van der Waals surface area contributed by atoms with Gasteiger partial charge in [0.25, 0.3) is 0 Å². The molecule has 0 bridgehead atoms. The number of anilines is 3. The molecule has 0 saturated heterocycles. The van der Waals surface area contributed by atoms with Crippen LogP contribution >= 0.6 is 0 Å². The fourth-order valence-corrected chi connectivity index (χ4v) is 10.1. The van der Waals surface area contributed by atoms with Gasteiger partial charge in [-0.15, -0.1) is 0 Å². The largest absolute Gasteiger partial charge is 0.456 e. The molecule has 0 aliphatic heterocycles. The van der Waals surface area contributed by atoms with Crippen LogP contribution in [0.25, 0.3) is 44.2 Å². The molecule has 10 rings (SSSR count). The molecule has 0 amide bonds. The maximum atomic E-state index is 6.74.